The Morgan fingerprint density at radius 3 is 2.14 bits per heavy atom. The summed E-state index contributed by atoms with van der Waals surface area (Å²) in [4.78, 5) is 60.2. The summed E-state index contributed by atoms with van der Waals surface area (Å²) in [6.07, 6.45) is 7.50. The Bertz CT molecular complexity index is 1820. The van der Waals surface area contributed by atoms with Crippen molar-refractivity contribution in [2.75, 3.05) is 48.9 Å². The van der Waals surface area contributed by atoms with E-state index in [4.69, 9.17) is 14.3 Å². The van der Waals surface area contributed by atoms with Gasteiger partial charge in [0.2, 0.25) is 19.2 Å². The Balaban J connectivity index is 0.000000397. The second kappa shape index (κ2) is 19.9. The van der Waals surface area contributed by atoms with E-state index < -0.39 is 5.63 Å². The first-order chi connectivity index (χ1) is 24.4. The summed E-state index contributed by atoms with van der Waals surface area (Å²) in [6, 6.07) is 14.9. The van der Waals surface area contributed by atoms with Gasteiger partial charge in [-0.1, -0.05) is 12.1 Å². The smallest absolute Gasteiger partial charge is 0.336 e. The van der Waals surface area contributed by atoms with Crippen molar-refractivity contribution in [3.05, 3.63) is 90.6 Å². The van der Waals surface area contributed by atoms with E-state index in [2.05, 4.69) is 29.7 Å². The van der Waals surface area contributed by atoms with Gasteiger partial charge >= 0.3 is 5.63 Å². The summed E-state index contributed by atoms with van der Waals surface area (Å²) in [5, 5.41) is 11.5. The van der Waals surface area contributed by atoms with Crippen molar-refractivity contribution in [3.8, 4) is 5.75 Å². The Labute approximate surface area is 306 Å². The molecule has 0 bridgehead atoms. The molecule has 0 radical (unpaired) electrons. The van der Waals surface area contributed by atoms with Gasteiger partial charge in [0.05, 0.1) is 11.8 Å². The number of hydrazone groups is 1. The lowest BCUT2D eigenvalue weighted by Crippen LogP contribution is -2.34. The van der Waals surface area contributed by atoms with Gasteiger partial charge in [0.1, 0.15) is 11.3 Å². The number of rotatable bonds is 8. The van der Waals surface area contributed by atoms with Gasteiger partial charge in [-0.25, -0.2) is 9.80 Å². The molecule has 2 unspecified atom stereocenters. The number of benzene rings is 1. The predicted molar refractivity (Wildman–Crippen MR) is 203 cm³/mol. The van der Waals surface area contributed by atoms with Crippen molar-refractivity contribution in [1.29, 1.82) is 0 Å². The molecular formula is C37H45N5O7S2. The third-order valence-corrected chi connectivity index (χ3v) is 9.13. The van der Waals surface area contributed by atoms with Gasteiger partial charge in [-0.2, -0.15) is 5.10 Å². The molecule has 272 valence electrons. The summed E-state index contributed by atoms with van der Waals surface area (Å²) >= 11 is 3.36. The first-order valence-corrected chi connectivity index (χ1v) is 17.8. The van der Waals surface area contributed by atoms with Crippen LogP contribution in [0.1, 0.15) is 40.6 Å². The maximum atomic E-state index is 13.5. The van der Waals surface area contributed by atoms with Gasteiger partial charge in [0.15, 0.2) is 6.61 Å². The molecule has 3 aromatic heterocycles. The second-order valence-electron chi connectivity index (χ2n) is 12.3. The van der Waals surface area contributed by atoms with Crippen molar-refractivity contribution >= 4 is 70.6 Å². The van der Waals surface area contributed by atoms with E-state index in [1.54, 1.807) is 82.1 Å². The molecule has 4 amide bonds. The number of amides is 4. The molecule has 1 saturated carbocycles. The molecule has 4 heterocycles. The summed E-state index contributed by atoms with van der Waals surface area (Å²) in [6.45, 7) is 1.71. The van der Waals surface area contributed by atoms with Crippen LogP contribution in [-0.2, 0) is 19.2 Å². The third kappa shape index (κ3) is 12.0. The molecule has 2 atom stereocenters. The van der Waals surface area contributed by atoms with Crippen molar-refractivity contribution < 1.29 is 28.3 Å². The predicted octanol–water partition coefficient (Wildman–Crippen LogP) is 5.54. The first kappa shape index (κ1) is 40.4. The second-order valence-corrected chi connectivity index (χ2v) is 14.2. The Kier molecular flexibility index (Phi) is 15.8. The van der Waals surface area contributed by atoms with E-state index in [1.165, 1.54) is 31.2 Å². The van der Waals surface area contributed by atoms with E-state index in [0.717, 1.165) is 60.0 Å². The molecule has 1 aromatic carbocycles. The normalized spacial score (nSPS) is 16.5. The number of ether oxygens (including phenoxy) is 1. The minimum atomic E-state index is -0.408. The molecule has 1 aliphatic carbocycles. The highest BCUT2D eigenvalue weighted by molar-refractivity contribution is 7.11. The monoisotopic (exact) mass is 735 g/mol. The van der Waals surface area contributed by atoms with Gasteiger partial charge in [0, 0.05) is 75.5 Å². The average molecular weight is 736 g/mol. The van der Waals surface area contributed by atoms with E-state index in [9.17, 15) is 24.0 Å². The number of nitrogens with zero attached hydrogens (tertiary/aromatic N) is 5. The molecule has 0 saturated heterocycles. The maximum absolute atomic E-state index is 13.5. The molecule has 1 aliphatic heterocycles. The average Bonchev–Trinajstić information content (AvgIpc) is 3.90. The van der Waals surface area contributed by atoms with Crippen LogP contribution < -0.4 is 10.4 Å². The van der Waals surface area contributed by atoms with Gasteiger partial charge in [-0.05, 0) is 78.4 Å². The van der Waals surface area contributed by atoms with Crippen molar-refractivity contribution in [2.24, 2.45) is 11.0 Å². The number of aryl methyl sites for hydroxylation is 1. The number of carbonyl (C=O) groups is 4. The van der Waals surface area contributed by atoms with Crippen LogP contribution in [-0.4, -0.2) is 99.5 Å². The molecule has 12 nitrogen and oxygen atoms in total. The van der Waals surface area contributed by atoms with Crippen molar-refractivity contribution in [1.82, 2.24) is 19.7 Å². The fourth-order valence-corrected chi connectivity index (χ4v) is 6.65. The standard InChI is InChI=1S/C28H24N2O4S2.3C3H7NO/c1-17-13-26(32)34-23-15-19(9-10-21(17)23)33-16-25(31)30-28(24-8-4-12-36-24)22-7-2-5-18(27(22)29-30)14-20-6-3-11-35-20;3*1-4(2)3-5/h3-4,6,8-15,22,28H,2,5,7,16H2,1H3;3*3H,1-2H3/b18-14+;;;. The number of thiophene rings is 2. The first-order valence-electron chi connectivity index (χ1n) is 16.1. The van der Waals surface area contributed by atoms with Crippen LogP contribution >= 0.6 is 22.7 Å². The maximum Gasteiger partial charge on any atom is 0.336 e. The summed E-state index contributed by atoms with van der Waals surface area (Å²) in [7, 11) is 10.1. The SMILES string of the molecule is CN(C)C=O.CN(C)C=O.CN(C)C=O.Cc1cc(=O)oc2cc(OCC(=O)N3N=C4/C(=C/c5cccs5)CCCC4C3c3cccs3)ccc12. The molecule has 51 heavy (non-hydrogen) atoms. The Morgan fingerprint density at radius 2 is 1.57 bits per heavy atom. The highest BCUT2D eigenvalue weighted by Gasteiger charge is 2.44. The van der Waals surface area contributed by atoms with E-state index in [0.29, 0.717) is 11.3 Å². The van der Waals surface area contributed by atoms with E-state index >= 15 is 0 Å². The number of fused-ring (bicyclic) bond motifs is 2. The van der Waals surface area contributed by atoms with Gasteiger partial charge in [-0.3, -0.25) is 19.2 Å². The third-order valence-electron chi connectivity index (χ3n) is 7.37. The summed E-state index contributed by atoms with van der Waals surface area (Å²) in [5.74, 6) is 0.446. The lowest BCUT2D eigenvalue weighted by atomic mass is 9.79. The van der Waals surface area contributed by atoms with Gasteiger partial charge in [-0.15, -0.1) is 22.7 Å². The quantitative estimate of drug-likeness (QED) is 0.172. The van der Waals surface area contributed by atoms with Crippen LogP contribution in [0.4, 0.5) is 0 Å². The highest BCUT2D eigenvalue weighted by Crippen LogP contribution is 2.45. The zero-order valence-corrected chi connectivity index (χ0v) is 31.6. The fraction of sp³-hybridized carbons (Fsp3) is 0.351. The molecule has 0 spiro atoms. The lowest BCUT2D eigenvalue weighted by molar-refractivity contribution is -0.135. The molecule has 6 rings (SSSR count). The summed E-state index contributed by atoms with van der Waals surface area (Å²) < 4.78 is 11.2. The minimum absolute atomic E-state index is 0.125. The van der Waals surface area contributed by atoms with Crippen LogP contribution in [0, 0.1) is 12.8 Å². The summed E-state index contributed by atoms with van der Waals surface area (Å²) in [5.41, 5.74) is 3.10. The zero-order chi connectivity index (χ0) is 37.5. The van der Waals surface area contributed by atoms with Crippen LogP contribution in [0.3, 0.4) is 0 Å². The number of hydrogen-bond donors (Lipinski definition) is 0. The Morgan fingerprint density at radius 1 is 0.941 bits per heavy atom. The molecule has 1 fully saturated rings. The number of hydrogen-bond acceptors (Lipinski definition) is 10. The minimum Gasteiger partial charge on any atom is -0.484 e. The molecule has 4 aromatic rings. The highest BCUT2D eigenvalue weighted by atomic mass is 32.1. The number of allylic oxidation sites excluding steroid dienone is 1. The zero-order valence-electron chi connectivity index (χ0n) is 30.0. The van der Waals surface area contributed by atoms with Crippen LogP contribution in [0.5, 0.6) is 5.75 Å². The van der Waals surface area contributed by atoms with Gasteiger partial charge in [0.25, 0.3) is 5.91 Å². The molecular weight excluding hydrogens is 691 g/mol. The van der Waals surface area contributed by atoms with E-state index in [1.807, 2.05) is 24.4 Å². The largest absolute Gasteiger partial charge is 0.484 e. The van der Waals surface area contributed by atoms with Gasteiger partial charge < -0.3 is 23.9 Å². The van der Waals surface area contributed by atoms with Crippen molar-refractivity contribution in [2.45, 2.75) is 32.2 Å². The Hall–Kier alpha value is -5.08. The fourth-order valence-electron chi connectivity index (χ4n) is 5.10. The molecule has 14 heteroatoms. The molecule has 2 aliphatic rings. The topological polar surface area (TPSA) is 133 Å². The van der Waals surface area contributed by atoms with Crippen LogP contribution in [0.15, 0.2) is 79.2 Å². The van der Waals surface area contributed by atoms with Crippen LogP contribution in [0.2, 0.25) is 0 Å². The van der Waals surface area contributed by atoms with Crippen LogP contribution in [0.25, 0.3) is 17.0 Å². The van der Waals surface area contributed by atoms with E-state index in [-0.39, 0.29) is 24.5 Å². The molecule has 0 N–H and O–H groups in total. The number of carbonyl (C=O) groups excluding carboxylic acids is 4. The van der Waals surface area contributed by atoms with Crippen molar-refractivity contribution in [3.63, 3.8) is 0 Å². The lowest BCUT2D eigenvalue weighted by Gasteiger charge is -2.28.